The molecule has 2 rings (SSSR count). The highest BCUT2D eigenvalue weighted by atomic mass is 16.2. The standard InChI is InChI=1S/C18H30N4O2/c1-17(2,3)19-15(23)11-21(7)16(24)13-10-14(12-8-9-12)22(20-13)18(4,5)6/h10,12H,8-9,11H2,1-7H3,(H,19,23). The summed E-state index contributed by atoms with van der Waals surface area (Å²) >= 11 is 0. The molecule has 6 nitrogen and oxygen atoms in total. The monoisotopic (exact) mass is 334 g/mol. The molecule has 1 heterocycles. The minimum absolute atomic E-state index is 0.0250. The van der Waals surface area contributed by atoms with Crippen molar-refractivity contribution < 1.29 is 9.59 Å². The van der Waals surface area contributed by atoms with Gasteiger partial charge < -0.3 is 10.2 Å². The van der Waals surface area contributed by atoms with E-state index in [1.807, 2.05) is 31.5 Å². The summed E-state index contributed by atoms with van der Waals surface area (Å²) in [7, 11) is 1.64. The Morgan fingerprint density at radius 1 is 1.25 bits per heavy atom. The summed E-state index contributed by atoms with van der Waals surface area (Å²) in [6, 6.07) is 1.89. The summed E-state index contributed by atoms with van der Waals surface area (Å²) in [5, 5.41) is 7.41. The van der Waals surface area contributed by atoms with E-state index in [2.05, 4.69) is 31.2 Å². The van der Waals surface area contributed by atoms with Gasteiger partial charge in [0.2, 0.25) is 5.91 Å². The Morgan fingerprint density at radius 3 is 2.29 bits per heavy atom. The molecule has 1 aromatic heterocycles. The number of aromatic nitrogens is 2. The molecule has 1 aromatic rings. The molecule has 1 fully saturated rings. The smallest absolute Gasteiger partial charge is 0.274 e. The Hall–Kier alpha value is -1.85. The van der Waals surface area contributed by atoms with Gasteiger partial charge in [-0.15, -0.1) is 0 Å². The van der Waals surface area contributed by atoms with Gasteiger partial charge in [0.1, 0.15) is 0 Å². The first-order valence-electron chi connectivity index (χ1n) is 8.55. The van der Waals surface area contributed by atoms with Crippen molar-refractivity contribution in [3.63, 3.8) is 0 Å². The molecule has 1 aliphatic carbocycles. The van der Waals surface area contributed by atoms with E-state index in [1.165, 1.54) is 4.90 Å². The molecular weight excluding hydrogens is 304 g/mol. The number of rotatable bonds is 4. The lowest BCUT2D eigenvalue weighted by Gasteiger charge is -2.23. The third-order valence-corrected chi connectivity index (χ3v) is 3.83. The van der Waals surface area contributed by atoms with Gasteiger partial charge in [0.25, 0.3) is 5.91 Å². The minimum Gasteiger partial charge on any atom is -0.350 e. The summed E-state index contributed by atoms with van der Waals surface area (Å²) in [6.45, 7) is 12.0. The van der Waals surface area contributed by atoms with E-state index in [9.17, 15) is 9.59 Å². The van der Waals surface area contributed by atoms with Crippen molar-refractivity contribution in [3.8, 4) is 0 Å². The van der Waals surface area contributed by atoms with Crippen LogP contribution < -0.4 is 5.32 Å². The van der Waals surface area contributed by atoms with Gasteiger partial charge >= 0.3 is 0 Å². The molecule has 0 saturated heterocycles. The first kappa shape index (κ1) is 18.5. The topological polar surface area (TPSA) is 67.2 Å². The molecule has 1 saturated carbocycles. The quantitative estimate of drug-likeness (QED) is 0.920. The lowest BCUT2D eigenvalue weighted by atomic mass is 10.1. The zero-order valence-electron chi connectivity index (χ0n) is 15.9. The van der Waals surface area contributed by atoms with E-state index in [4.69, 9.17) is 0 Å². The second-order valence-corrected chi connectivity index (χ2v) is 8.77. The van der Waals surface area contributed by atoms with Crippen LogP contribution in [0.2, 0.25) is 0 Å². The highest BCUT2D eigenvalue weighted by Crippen LogP contribution is 2.41. The van der Waals surface area contributed by atoms with Gasteiger partial charge in [-0.1, -0.05) is 0 Å². The van der Waals surface area contributed by atoms with Crippen molar-refractivity contribution >= 4 is 11.8 Å². The van der Waals surface area contributed by atoms with Crippen molar-refractivity contribution in [3.05, 3.63) is 17.5 Å². The van der Waals surface area contributed by atoms with E-state index in [0.717, 1.165) is 18.5 Å². The molecule has 0 radical (unpaired) electrons. The lowest BCUT2D eigenvalue weighted by molar-refractivity contribution is -0.122. The third kappa shape index (κ3) is 4.58. The number of carbonyl (C=O) groups is 2. The van der Waals surface area contributed by atoms with E-state index >= 15 is 0 Å². The molecular formula is C18H30N4O2. The molecule has 0 aromatic carbocycles. The normalized spacial score (nSPS) is 15.3. The molecule has 0 unspecified atom stereocenters. The molecule has 134 valence electrons. The van der Waals surface area contributed by atoms with Crippen molar-refractivity contribution in [2.75, 3.05) is 13.6 Å². The van der Waals surface area contributed by atoms with Gasteiger partial charge in [-0.3, -0.25) is 14.3 Å². The predicted molar refractivity (Wildman–Crippen MR) is 94.1 cm³/mol. The van der Waals surface area contributed by atoms with Crippen molar-refractivity contribution in [1.29, 1.82) is 0 Å². The highest BCUT2D eigenvalue weighted by molar-refractivity contribution is 5.95. The average molecular weight is 334 g/mol. The van der Waals surface area contributed by atoms with Gasteiger partial charge in [0.05, 0.1) is 12.1 Å². The SMILES string of the molecule is CN(CC(=O)NC(C)(C)C)C(=O)c1cc(C2CC2)n(C(C)(C)C)n1. The van der Waals surface area contributed by atoms with Crippen LogP contribution >= 0.6 is 0 Å². The zero-order valence-corrected chi connectivity index (χ0v) is 15.9. The molecule has 0 atom stereocenters. The van der Waals surface area contributed by atoms with Crippen LogP contribution in [0.5, 0.6) is 0 Å². The first-order valence-corrected chi connectivity index (χ1v) is 8.55. The number of hydrogen-bond acceptors (Lipinski definition) is 3. The zero-order chi connectivity index (χ0) is 18.3. The Bertz CT molecular complexity index is 630. The van der Waals surface area contributed by atoms with Gasteiger partial charge in [0, 0.05) is 24.2 Å². The number of nitrogens with zero attached hydrogens (tertiary/aromatic N) is 3. The van der Waals surface area contributed by atoms with E-state index in [1.54, 1.807) is 7.05 Å². The first-order chi connectivity index (χ1) is 10.9. The van der Waals surface area contributed by atoms with Gasteiger partial charge in [-0.2, -0.15) is 5.10 Å². The summed E-state index contributed by atoms with van der Waals surface area (Å²) < 4.78 is 1.96. The second kappa shape index (κ2) is 6.22. The molecule has 1 aliphatic rings. The molecule has 24 heavy (non-hydrogen) atoms. The van der Waals surface area contributed by atoms with Crippen LogP contribution in [0.1, 0.15) is 76.5 Å². The van der Waals surface area contributed by atoms with Gasteiger partial charge in [0.15, 0.2) is 5.69 Å². The molecule has 1 N–H and O–H groups in total. The highest BCUT2D eigenvalue weighted by Gasteiger charge is 2.33. The molecule has 0 aliphatic heterocycles. The Kier molecular flexibility index (Phi) is 4.79. The van der Waals surface area contributed by atoms with Crippen LogP contribution in [-0.4, -0.2) is 45.6 Å². The van der Waals surface area contributed by atoms with Crippen LogP contribution in [0, 0.1) is 0 Å². The molecule has 2 amide bonds. The fourth-order valence-corrected chi connectivity index (χ4v) is 2.65. The molecule has 6 heteroatoms. The Labute approximate surface area is 144 Å². The minimum atomic E-state index is -0.312. The van der Waals surface area contributed by atoms with Crippen LogP contribution in [0.3, 0.4) is 0 Å². The number of carbonyl (C=O) groups excluding carboxylic acids is 2. The fourth-order valence-electron chi connectivity index (χ4n) is 2.65. The molecule has 0 spiro atoms. The third-order valence-electron chi connectivity index (χ3n) is 3.83. The summed E-state index contributed by atoms with van der Waals surface area (Å²) in [6.07, 6.45) is 2.30. The maximum atomic E-state index is 12.7. The van der Waals surface area contributed by atoms with Crippen molar-refractivity contribution in [2.24, 2.45) is 0 Å². The van der Waals surface area contributed by atoms with Crippen molar-refractivity contribution in [2.45, 2.75) is 71.4 Å². The number of amides is 2. The average Bonchev–Trinajstić information content (AvgIpc) is 3.12. The van der Waals surface area contributed by atoms with E-state index < -0.39 is 0 Å². The maximum absolute atomic E-state index is 12.7. The van der Waals surface area contributed by atoms with E-state index in [0.29, 0.717) is 11.6 Å². The number of hydrogen-bond donors (Lipinski definition) is 1. The Morgan fingerprint density at radius 2 is 1.83 bits per heavy atom. The van der Waals surface area contributed by atoms with Crippen LogP contribution in [0.15, 0.2) is 6.07 Å². The van der Waals surface area contributed by atoms with Gasteiger partial charge in [-0.25, -0.2) is 0 Å². The summed E-state index contributed by atoms with van der Waals surface area (Å²) in [4.78, 5) is 26.1. The van der Waals surface area contributed by atoms with E-state index in [-0.39, 0.29) is 29.4 Å². The van der Waals surface area contributed by atoms with Crippen molar-refractivity contribution in [1.82, 2.24) is 20.0 Å². The van der Waals surface area contributed by atoms with Gasteiger partial charge in [-0.05, 0) is 60.5 Å². The van der Waals surface area contributed by atoms with Crippen LogP contribution in [0.4, 0.5) is 0 Å². The molecule has 0 bridgehead atoms. The number of likely N-dealkylation sites (N-methyl/N-ethyl adjacent to an activating group) is 1. The Balaban J connectivity index is 2.13. The van der Waals surface area contributed by atoms with Crippen LogP contribution in [0.25, 0.3) is 0 Å². The fraction of sp³-hybridized carbons (Fsp3) is 0.722. The lowest BCUT2D eigenvalue weighted by Crippen LogP contribution is -2.46. The second-order valence-electron chi connectivity index (χ2n) is 8.77. The summed E-state index contributed by atoms with van der Waals surface area (Å²) in [5.74, 6) is 0.118. The summed E-state index contributed by atoms with van der Waals surface area (Å²) in [5.41, 5.74) is 1.06. The van der Waals surface area contributed by atoms with Crippen LogP contribution in [-0.2, 0) is 10.3 Å². The maximum Gasteiger partial charge on any atom is 0.274 e. The number of nitrogens with one attached hydrogen (secondary N) is 1. The predicted octanol–water partition coefficient (Wildman–Crippen LogP) is 2.50. The largest absolute Gasteiger partial charge is 0.350 e.